The molecule has 0 aliphatic carbocycles. The molecule has 0 atom stereocenters. The third-order valence-electron chi connectivity index (χ3n) is 11.0. The van der Waals surface area contributed by atoms with Crippen LogP contribution in [0.3, 0.4) is 0 Å². The van der Waals surface area contributed by atoms with E-state index in [0.29, 0.717) is 6.54 Å². The normalized spacial score (nSPS) is 11.4. The number of benzene rings is 8. The van der Waals surface area contributed by atoms with Crippen molar-refractivity contribution in [3.8, 4) is 16.8 Å². The van der Waals surface area contributed by atoms with Gasteiger partial charge in [0.1, 0.15) is 28.2 Å². The van der Waals surface area contributed by atoms with Crippen LogP contribution in [0.1, 0.15) is 16.7 Å². The highest BCUT2D eigenvalue weighted by molar-refractivity contribution is 6.12. The van der Waals surface area contributed by atoms with Crippen LogP contribution in [0.25, 0.3) is 88.5 Å². The van der Waals surface area contributed by atoms with Gasteiger partial charge in [-0.15, -0.1) is 0 Å². The summed E-state index contributed by atoms with van der Waals surface area (Å²) in [6.45, 7) is 2.52. The molecule has 60 heavy (non-hydrogen) atoms. The number of nitrogen functional groups attached to an aromatic ring is 1. The number of aryl methyl sites for hydroxylation is 1. The molecule has 8 aromatic carbocycles. The molecule has 0 aliphatic heterocycles. The number of nitrogens with zero attached hydrogens (tertiary/aromatic N) is 3. The van der Waals surface area contributed by atoms with Crippen LogP contribution in [-0.4, -0.2) is 19.8 Å². The number of nitrogens with two attached hydrogens (primary N) is 2. The Bertz CT molecular complexity index is 3520. The summed E-state index contributed by atoms with van der Waals surface area (Å²) < 4.78 is 17.2. The Labute approximate surface area is 345 Å². The summed E-state index contributed by atoms with van der Waals surface area (Å²) in [5.41, 5.74) is 25.2. The number of furan rings is 2. The quantitative estimate of drug-likeness (QED) is 0.121. The van der Waals surface area contributed by atoms with Crippen LogP contribution in [0.4, 0.5) is 0 Å². The third kappa shape index (κ3) is 6.32. The number of imidazole rings is 2. The van der Waals surface area contributed by atoms with Crippen LogP contribution >= 0.6 is 0 Å². The lowest BCUT2D eigenvalue weighted by Crippen LogP contribution is -2.10. The van der Waals surface area contributed by atoms with E-state index in [-0.39, 0.29) is 5.84 Å². The van der Waals surface area contributed by atoms with Gasteiger partial charge in [0.25, 0.3) is 0 Å². The van der Waals surface area contributed by atoms with Crippen molar-refractivity contribution in [1.82, 2.24) is 14.0 Å². The van der Waals surface area contributed by atoms with Gasteiger partial charge >= 0.3 is 0 Å². The van der Waals surface area contributed by atoms with E-state index in [2.05, 4.69) is 125 Å². The van der Waals surface area contributed by atoms with Crippen LogP contribution in [-0.2, 0) is 6.54 Å². The van der Waals surface area contributed by atoms with Crippen LogP contribution in [0.15, 0.2) is 191 Å². The molecule has 0 unspecified atom stereocenters. The number of rotatable bonds is 4. The predicted octanol–water partition coefficient (Wildman–Crippen LogP) is 12.3. The van der Waals surface area contributed by atoms with Crippen LogP contribution < -0.4 is 11.5 Å². The fraction of sp³-hybridized carbons (Fsp3) is 0.0385. The maximum atomic E-state index is 7.01. The molecule has 0 saturated carbocycles. The maximum absolute atomic E-state index is 7.01. The standard InChI is InChI=1S/C38H24N4O2.C7H8N2.C7H8/c39-21-24-7-5-8-25-26-19-22(15-17-33(26)44-37(24)25)23-16-18-34-27(20-23)36-32(13-6-14-35(36)43-34)42-31-12-4-3-11-30(31)41-29-10-2-1-9-28(29)40-38(41)42;8-7(9)6-4-2-1-3-5-6;1-7-5-3-2-4-6-7/h1-20H,21,39H2;1-5H,(H3,8,9);2-6H,1H3. The van der Waals surface area contributed by atoms with E-state index in [1.165, 1.54) is 5.56 Å². The van der Waals surface area contributed by atoms with Crippen molar-refractivity contribution in [3.05, 3.63) is 199 Å². The second-order valence-corrected chi connectivity index (χ2v) is 14.8. The summed E-state index contributed by atoms with van der Waals surface area (Å²) >= 11 is 0. The van der Waals surface area contributed by atoms with Gasteiger partial charge in [0.15, 0.2) is 0 Å². The molecule has 12 aromatic rings. The molecule has 0 radical (unpaired) electrons. The highest BCUT2D eigenvalue weighted by atomic mass is 16.3. The molecule has 0 amide bonds. The first-order valence-corrected chi connectivity index (χ1v) is 19.8. The Hall–Kier alpha value is -7.94. The molecule has 290 valence electrons. The largest absolute Gasteiger partial charge is 0.456 e. The van der Waals surface area contributed by atoms with E-state index >= 15 is 0 Å². The van der Waals surface area contributed by atoms with Gasteiger partial charge in [-0.05, 0) is 78.7 Å². The Kier molecular flexibility index (Phi) is 9.16. The average Bonchev–Trinajstić information content (AvgIpc) is 4.05. The highest BCUT2D eigenvalue weighted by Crippen LogP contribution is 2.40. The first-order chi connectivity index (χ1) is 29.5. The lowest BCUT2D eigenvalue weighted by atomic mass is 10.00. The molecule has 8 nitrogen and oxygen atoms in total. The molecule has 4 aromatic heterocycles. The van der Waals surface area contributed by atoms with E-state index in [1.807, 2.05) is 72.8 Å². The minimum absolute atomic E-state index is 0.121. The summed E-state index contributed by atoms with van der Waals surface area (Å²) in [7, 11) is 0. The van der Waals surface area contributed by atoms with Crippen LogP contribution in [0.5, 0.6) is 0 Å². The van der Waals surface area contributed by atoms with Crippen molar-refractivity contribution < 1.29 is 8.83 Å². The summed E-state index contributed by atoms with van der Waals surface area (Å²) in [5, 5.41) is 11.3. The molecular weight excluding hydrogens is 741 g/mol. The van der Waals surface area contributed by atoms with Crippen molar-refractivity contribution in [2.75, 3.05) is 0 Å². The molecule has 0 saturated heterocycles. The molecule has 0 aliphatic rings. The number of hydrogen-bond donors (Lipinski definition) is 3. The van der Waals surface area contributed by atoms with Crippen LogP contribution in [0, 0.1) is 12.3 Å². The zero-order valence-electron chi connectivity index (χ0n) is 32.8. The Morgan fingerprint density at radius 1 is 0.583 bits per heavy atom. The number of aromatic nitrogens is 3. The van der Waals surface area contributed by atoms with Crippen molar-refractivity contribution in [2.24, 2.45) is 11.5 Å². The summed E-state index contributed by atoms with van der Waals surface area (Å²) in [6.07, 6.45) is 0. The van der Waals surface area contributed by atoms with Gasteiger partial charge in [0.2, 0.25) is 5.78 Å². The monoisotopic (exact) mass is 780 g/mol. The smallest absolute Gasteiger partial charge is 0.220 e. The second-order valence-electron chi connectivity index (χ2n) is 14.8. The second kappa shape index (κ2) is 15.1. The van der Waals surface area contributed by atoms with Crippen molar-refractivity contribution in [2.45, 2.75) is 13.5 Å². The minimum atomic E-state index is 0.121. The van der Waals surface area contributed by atoms with Gasteiger partial charge < -0.3 is 20.3 Å². The number of nitrogens with one attached hydrogen (secondary N) is 1. The zero-order valence-corrected chi connectivity index (χ0v) is 32.8. The number of para-hydroxylation sites is 5. The SMILES string of the molecule is Cc1ccccc1.N=C(N)c1ccccc1.NCc1cccc2c1oc1ccc(-c3ccc4oc5cccc(-n6c7ccccc7n7c8ccccc8nc67)c5c4c3)cc12. The molecule has 8 heteroatoms. The van der Waals surface area contributed by atoms with Crippen molar-refractivity contribution >= 4 is 77.6 Å². The average molecular weight is 781 g/mol. The van der Waals surface area contributed by atoms with Crippen molar-refractivity contribution in [1.29, 1.82) is 5.41 Å². The summed E-state index contributed by atoms with van der Waals surface area (Å²) in [6, 6.07) is 61.5. The molecular formula is C52H40N6O2. The fourth-order valence-corrected chi connectivity index (χ4v) is 8.11. The van der Waals surface area contributed by atoms with E-state index in [4.69, 9.17) is 30.7 Å². The van der Waals surface area contributed by atoms with Gasteiger partial charge in [-0.3, -0.25) is 14.4 Å². The first-order valence-electron chi connectivity index (χ1n) is 19.8. The van der Waals surface area contributed by atoms with Gasteiger partial charge in [0.05, 0.1) is 33.1 Å². The van der Waals surface area contributed by atoms with Crippen molar-refractivity contribution in [3.63, 3.8) is 0 Å². The van der Waals surface area contributed by atoms with E-state index in [1.54, 1.807) is 0 Å². The van der Waals surface area contributed by atoms with E-state index in [0.717, 1.165) is 99.7 Å². The van der Waals surface area contributed by atoms with E-state index < -0.39 is 0 Å². The number of amidine groups is 1. The lowest BCUT2D eigenvalue weighted by Gasteiger charge is -2.08. The van der Waals surface area contributed by atoms with Gasteiger partial charge in [0, 0.05) is 33.8 Å². The Morgan fingerprint density at radius 2 is 1.22 bits per heavy atom. The zero-order chi connectivity index (χ0) is 40.7. The van der Waals surface area contributed by atoms with Crippen LogP contribution in [0.2, 0.25) is 0 Å². The predicted molar refractivity (Wildman–Crippen MR) is 246 cm³/mol. The minimum Gasteiger partial charge on any atom is -0.456 e. The Morgan fingerprint density at radius 3 is 1.90 bits per heavy atom. The summed E-state index contributed by atoms with van der Waals surface area (Å²) in [5.74, 6) is 0.996. The lowest BCUT2D eigenvalue weighted by molar-refractivity contribution is 0.663. The molecule has 0 fully saturated rings. The van der Waals surface area contributed by atoms with Gasteiger partial charge in [-0.25, -0.2) is 4.98 Å². The molecule has 5 N–H and O–H groups in total. The maximum Gasteiger partial charge on any atom is 0.220 e. The molecule has 4 heterocycles. The number of fused-ring (bicyclic) bond motifs is 11. The first kappa shape index (κ1) is 36.4. The summed E-state index contributed by atoms with van der Waals surface area (Å²) in [4.78, 5) is 5.10. The van der Waals surface area contributed by atoms with Gasteiger partial charge in [-0.1, -0.05) is 127 Å². The molecule has 0 spiro atoms. The van der Waals surface area contributed by atoms with E-state index in [9.17, 15) is 0 Å². The number of hydrogen-bond acceptors (Lipinski definition) is 5. The van der Waals surface area contributed by atoms with Gasteiger partial charge in [-0.2, -0.15) is 0 Å². The Balaban J connectivity index is 0.000000227. The highest BCUT2D eigenvalue weighted by Gasteiger charge is 2.21. The fourth-order valence-electron chi connectivity index (χ4n) is 8.11. The third-order valence-corrected chi connectivity index (χ3v) is 11.0. The molecule has 0 bridgehead atoms. The molecule has 12 rings (SSSR count). The topological polar surface area (TPSA) is 124 Å².